The van der Waals surface area contributed by atoms with Gasteiger partial charge in [0.1, 0.15) is 0 Å². The van der Waals surface area contributed by atoms with Gasteiger partial charge in [-0.15, -0.1) is 0 Å². The third-order valence-corrected chi connectivity index (χ3v) is 4.52. The molecule has 7 heteroatoms. The van der Waals surface area contributed by atoms with Gasteiger partial charge in [-0.3, -0.25) is 0 Å². The molecule has 1 aromatic rings. The van der Waals surface area contributed by atoms with Gasteiger partial charge in [-0.1, -0.05) is 18.2 Å². The van der Waals surface area contributed by atoms with Gasteiger partial charge in [0.15, 0.2) is 0 Å². The molecule has 1 aromatic carbocycles. The van der Waals surface area contributed by atoms with Crippen LogP contribution >= 0.6 is 0 Å². The number of carbonyl (C=O) groups excluding carboxylic acids is 1. The van der Waals surface area contributed by atoms with Gasteiger partial charge in [-0.25, -0.2) is 4.79 Å². The second kappa shape index (κ2) is 7.88. The third-order valence-electron chi connectivity index (χ3n) is 4.52. The monoisotopic (exact) mass is 344 g/mol. The number of aliphatic hydroxyl groups excluding tert-OH is 1. The molecule has 0 unspecified atom stereocenters. The molecule has 4 nitrogen and oxygen atoms in total. The van der Waals surface area contributed by atoms with Gasteiger partial charge in [0, 0.05) is 12.6 Å². The van der Waals surface area contributed by atoms with Crippen LogP contribution in [0.25, 0.3) is 0 Å². The zero-order valence-electron chi connectivity index (χ0n) is 13.6. The summed E-state index contributed by atoms with van der Waals surface area (Å²) in [4.78, 5) is 12.1. The minimum Gasteiger partial charge on any atom is -0.396 e. The Morgan fingerprint density at radius 2 is 1.88 bits per heavy atom. The number of carbonyl (C=O) groups is 1. The number of urea groups is 1. The second-order valence-corrected chi connectivity index (χ2v) is 6.32. The molecule has 0 spiro atoms. The molecule has 0 bridgehead atoms. The van der Waals surface area contributed by atoms with Crippen molar-refractivity contribution >= 4 is 6.03 Å². The van der Waals surface area contributed by atoms with Crippen molar-refractivity contribution in [1.82, 2.24) is 10.6 Å². The van der Waals surface area contributed by atoms with Crippen LogP contribution < -0.4 is 10.6 Å². The van der Waals surface area contributed by atoms with E-state index >= 15 is 0 Å². The lowest BCUT2D eigenvalue weighted by atomic mass is 9.87. The zero-order valence-corrected chi connectivity index (χ0v) is 13.6. The van der Waals surface area contributed by atoms with Crippen LogP contribution in [0.5, 0.6) is 0 Å². The number of hydrogen-bond donors (Lipinski definition) is 3. The topological polar surface area (TPSA) is 61.4 Å². The number of halogens is 3. The highest BCUT2D eigenvalue weighted by molar-refractivity contribution is 5.74. The van der Waals surface area contributed by atoms with Crippen LogP contribution in [0.3, 0.4) is 0 Å². The van der Waals surface area contributed by atoms with Gasteiger partial charge in [-0.05, 0) is 50.2 Å². The van der Waals surface area contributed by atoms with Gasteiger partial charge >= 0.3 is 12.2 Å². The maximum Gasteiger partial charge on any atom is 0.416 e. The molecule has 0 saturated heterocycles. The van der Waals surface area contributed by atoms with E-state index in [9.17, 15) is 18.0 Å². The third kappa shape index (κ3) is 4.87. The van der Waals surface area contributed by atoms with E-state index in [4.69, 9.17) is 5.11 Å². The minimum absolute atomic E-state index is 0.00198. The van der Waals surface area contributed by atoms with Crippen molar-refractivity contribution in [2.24, 2.45) is 5.92 Å². The Bertz CT molecular complexity index is 555. The fraction of sp³-hybridized carbons (Fsp3) is 0.588. The van der Waals surface area contributed by atoms with Crippen molar-refractivity contribution < 1.29 is 23.1 Å². The molecule has 2 amide bonds. The summed E-state index contributed by atoms with van der Waals surface area (Å²) in [5, 5.41) is 14.5. The largest absolute Gasteiger partial charge is 0.416 e. The molecule has 0 aliphatic heterocycles. The first-order valence-corrected chi connectivity index (χ1v) is 8.15. The molecule has 2 rings (SSSR count). The van der Waals surface area contributed by atoms with Crippen molar-refractivity contribution in [2.45, 2.75) is 50.9 Å². The first kappa shape index (κ1) is 18.6. The molecule has 1 fully saturated rings. The van der Waals surface area contributed by atoms with Gasteiger partial charge in [0.2, 0.25) is 0 Å². The van der Waals surface area contributed by atoms with Crippen LogP contribution in [-0.2, 0) is 6.18 Å². The molecule has 0 aromatic heterocycles. The molecule has 0 radical (unpaired) electrons. The number of benzene rings is 1. The maximum absolute atomic E-state index is 13.0. The van der Waals surface area contributed by atoms with E-state index in [1.807, 2.05) is 0 Å². The summed E-state index contributed by atoms with van der Waals surface area (Å²) in [6, 6.07) is 4.03. The van der Waals surface area contributed by atoms with Gasteiger partial charge in [-0.2, -0.15) is 13.2 Å². The van der Waals surface area contributed by atoms with Crippen molar-refractivity contribution in [3.63, 3.8) is 0 Å². The summed E-state index contributed by atoms with van der Waals surface area (Å²) >= 11 is 0. The summed E-state index contributed by atoms with van der Waals surface area (Å²) in [5.41, 5.74) is -0.689. The van der Waals surface area contributed by atoms with Crippen LogP contribution in [0.1, 0.15) is 49.8 Å². The number of alkyl halides is 3. The van der Waals surface area contributed by atoms with E-state index in [1.165, 1.54) is 25.1 Å². The summed E-state index contributed by atoms with van der Waals surface area (Å²) in [6.45, 7) is 1.69. The van der Waals surface area contributed by atoms with Crippen LogP contribution in [-0.4, -0.2) is 23.8 Å². The Morgan fingerprint density at radius 3 is 2.46 bits per heavy atom. The second-order valence-electron chi connectivity index (χ2n) is 6.32. The smallest absolute Gasteiger partial charge is 0.396 e. The number of nitrogens with one attached hydrogen (secondary N) is 2. The maximum atomic E-state index is 13.0. The Kier molecular flexibility index (Phi) is 6.10. The molecular weight excluding hydrogens is 321 g/mol. The van der Waals surface area contributed by atoms with Gasteiger partial charge < -0.3 is 15.7 Å². The average molecular weight is 344 g/mol. The summed E-state index contributed by atoms with van der Waals surface area (Å²) in [6.07, 6.45) is -1.23. The van der Waals surface area contributed by atoms with E-state index in [1.54, 1.807) is 0 Å². The highest BCUT2D eigenvalue weighted by Crippen LogP contribution is 2.34. The highest BCUT2D eigenvalue weighted by atomic mass is 19.4. The van der Waals surface area contributed by atoms with E-state index in [0.29, 0.717) is 0 Å². The molecule has 1 aliphatic carbocycles. The average Bonchev–Trinajstić information content (AvgIpc) is 2.54. The standard InChI is InChI=1S/C17H23F3N2O2/c1-11(14-4-2-3-5-15(14)17(18,19)20)21-16(24)22-13-8-6-12(10-23)7-9-13/h2-5,11-13,23H,6-10H2,1H3,(H2,21,22,24)/t11-,12?,13?/m1/s1. The quantitative estimate of drug-likeness (QED) is 0.781. The van der Waals surface area contributed by atoms with Crippen molar-refractivity contribution in [1.29, 1.82) is 0 Å². The van der Waals surface area contributed by atoms with Crippen molar-refractivity contribution in [3.05, 3.63) is 35.4 Å². The predicted molar refractivity (Wildman–Crippen MR) is 84.4 cm³/mol. The van der Waals surface area contributed by atoms with Crippen LogP contribution in [0, 0.1) is 5.92 Å². The van der Waals surface area contributed by atoms with E-state index in [-0.39, 0.29) is 24.1 Å². The number of hydrogen-bond acceptors (Lipinski definition) is 2. The lowest BCUT2D eigenvalue weighted by molar-refractivity contribution is -0.138. The lowest BCUT2D eigenvalue weighted by Crippen LogP contribution is -2.44. The molecule has 3 N–H and O–H groups in total. The van der Waals surface area contributed by atoms with E-state index in [2.05, 4.69) is 10.6 Å². The summed E-state index contributed by atoms with van der Waals surface area (Å²) < 4.78 is 39.1. The Labute approximate surface area is 139 Å². The fourth-order valence-corrected chi connectivity index (χ4v) is 3.12. The SMILES string of the molecule is C[C@@H](NC(=O)NC1CCC(CO)CC1)c1ccccc1C(F)(F)F. The predicted octanol–water partition coefficient (Wildman–Crippen LogP) is 3.62. The number of aliphatic hydroxyl groups is 1. The molecule has 24 heavy (non-hydrogen) atoms. The Morgan fingerprint density at radius 1 is 1.25 bits per heavy atom. The Balaban J connectivity index is 1.93. The van der Waals surface area contributed by atoms with E-state index < -0.39 is 23.8 Å². The zero-order chi connectivity index (χ0) is 17.7. The molecule has 134 valence electrons. The normalized spacial score (nSPS) is 22.7. The fourth-order valence-electron chi connectivity index (χ4n) is 3.12. The summed E-state index contributed by atoms with van der Waals surface area (Å²) in [7, 11) is 0. The van der Waals surface area contributed by atoms with Crippen LogP contribution in [0.4, 0.5) is 18.0 Å². The molecule has 1 saturated carbocycles. The van der Waals surface area contributed by atoms with Crippen LogP contribution in [0.15, 0.2) is 24.3 Å². The molecule has 1 atom stereocenters. The highest BCUT2D eigenvalue weighted by Gasteiger charge is 2.34. The van der Waals surface area contributed by atoms with Crippen LogP contribution in [0.2, 0.25) is 0 Å². The van der Waals surface area contributed by atoms with Crippen molar-refractivity contribution in [3.8, 4) is 0 Å². The first-order valence-electron chi connectivity index (χ1n) is 8.15. The molecule has 1 aliphatic rings. The molecule has 0 heterocycles. The van der Waals surface area contributed by atoms with E-state index in [0.717, 1.165) is 31.7 Å². The van der Waals surface area contributed by atoms with Crippen molar-refractivity contribution in [2.75, 3.05) is 6.61 Å². The molecular formula is C17H23F3N2O2. The van der Waals surface area contributed by atoms with Gasteiger partial charge in [0.25, 0.3) is 0 Å². The minimum atomic E-state index is -4.45. The Hall–Kier alpha value is -1.76. The number of rotatable bonds is 4. The summed E-state index contributed by atoms with van der Waals surface area (Å²) in [5.74, 6) is 0.281. The lowest BCUT2D eigenvalue weighted by Gasteiger charge is -2.28. The number of amides is 2. The first-order chi connectivity index (χ1) is 11.3. The van der Waals surface area contributed by atoms with Gasteiger partial charge in [0.05, 0.1) is 11.6 Å².